The number of rotatable bonds is 4. The molecular formula is C9H9F3O3S. The first kappa shape index (κ1) is 13.0. The standard InChI is InChI=1S/C9H9F3O3S/c10-9(11,12)15-8-3-1-2-7(6-8)4-5-16(13)14/h1-3,6H,4-5H2,(H,13,14). The normalized spacial score (nSPS) is 13.5. The van der Waals surface area contributed by atoms with Crippen LogP contribution in [0.15, 0.2) is 24.3 Å². The molecule has 0 amide bonds. The predicted octanol–water partition coefficient (Wildman–Crippen LogP) is 2.35. The van der Waals surface area contributed by atoms with Crippen LogP contribution in [0.1, 0.15) is 5.56 Å². The molecule has 0 aliphatic rings. The second-order valence-electron chi connectivity index (χ2n) is 2.97. The van der Waals surface area contributed by atoms with Crippen molar-refractivity contribution in [2.75, 3.05) is 5.75 Å². The molecule has 90 valence electrons. The monoisotopic (exact) mass is 254 g/mol. The van der Waals surface area contributed by atoms with Crippen molar-refractivity contribution in [1.29, 1.82) is 0 Å². The Balaban J connectivity index is 2.67. The SMILES string of the molecule is O=S(O)CCc1cccc(OC(F)(F)F)c1. The van der Waals surface area contributed by atoms with Gasteiger partial charge in [-0.25, -0.2) is 4.21 Å². The molecule has 0 aliphatic carbocycles. The van der Waals surface area contributed by atoms with Crippen molar-refractivity contribution < 1.29 is 26.7 Å². The van der Waals surface area contributed by atoms with Crippen LogP contribution < -0.4 is 4.74 Å². The zero-order chi connectivity index (χ0) is 12.2. The Kier molecular flexibility index (Phi) is 4.31. The number of benzene rings is 1. The summed E-state index contributed by atoms with van der Waals surface area (Å²) < 4.78 is 58.3. The Labute approximate surface area is 92.5 Å². The van der Waals surface area contributed by atoms with E-state index in [-0.39, 0.29) is 17.9 Å². The summed E-state index contributed by atoms with van der Waals surface area (Å²) in [4.78, 5) is 0. The van der Waals surface area contributed by atoms with E-state index in [0.717, 1.165) is 0 Å². The number of aryl methyl sites for hydroxylation is 1. The minimum Gasteiger partial charge on any atom is -0.406 e. The zero-order valence-corrected chi connectivity index (χ0v) is 8.85. The Bertz CT molecular complexity index is 379. The van der Waals surface area contributed by atoms with E-state index in [1.165, 1.54) is 18.2 Å². The highest BCUT2D eigenvalue weighted by Crippen LogP contribution is 2.23. The van der Waals surface area contributed by atoms with Crippen LogP contribution in [-0.2, 0) is 17.5 Å². The quantitative estimate of drug-likeness (QED) is 0.839. The summed E-state index contributed by atoms with van der Waals surface area (Å²) in [5.41, 5.74) is 0.518. The van der Waals surface area contributed by atoms with Gasteiger partial charge in [-0.2, -0.15) is 0 Å². The average Bonchev–Trinajstić information content (AvgIpc) is 2.12. The number of ether oxygens (including phenoxy) is 1. The first-order valence-corrected chi connectivity index (χ1v) is 5.56. The lowest BCUT2D eigenvalue weighted by Crippen LogP contribution is -2.17. The van der Waals surface area contributed by atoms with Gasteiger partial charge < -0.3 is 9.29 Å². The summed E-state index contributed by atoms with van der Waals surface area (Å²) in [5.74, 6) is -0.344. The van der Waals surface area contributed by atoms with Gasteiger partial charge in [-0.15, -0.1) is 13.2 Å². The molecule has 7 heteroatoms. The fourth-order valence-corrected chi connectivity index (χ4v) is 1.51. The van der Waals surface area contributed by atoms with E-state index in [1.54, 1.807) is 6.07 Å². The maximum atomic E-state index is 11.9. The third kappa shape index (κ3) is 5.13. The number of halogens is 3. The molecule has 16 heavy (non-hydrogen) atoms. The molecule has 1 rings (SSSR count). The fourth-order valence-electron chi connectivity index (χ4n) is 1.10. The van der Waals surface area contributed by atoms with E-state index in [2.05, 4.69) is 4.74 Å². The fraction of sp³-hybridized carbons (Fsp3) is 0.333. The maximum Gasteiger partial charge on any atom is 0.573 e. The van der Waals surface area contributed by atoms with E-state index in [0.29, 0.717) is 5.56 Å². The van der Waals surface area contributed by atoms with Crippen molar-refractivity contribution in [1.82, 2.24) is 0 Å². The molecular weight excluding hydrogens is 245 g/mol. The van der Waals surface area contributed by atoms with E-state index >= 15 is 0 Å². The summed E-state index contributed by atoms with van der Waals surface area (Å²) in [6.45, 7) is 0. The molecule has 1 aromatic carbocycles. The van der Waals surface area contributed by atoms with Crippen molar-refractivity contribution >= 4 is 11.1 Å². The highest BCUT2D eigenvalue weighted by molar-refractivity contribution is 7.79. The zero-order valence-electron chi connectivity index (χ0n) is 8.03. The Morgan fingerprint density at radius 1 is 1.38 bits per heavy atom. The smallest absolute Gasteiger partial charge is 0.406 e. The molecule has 0 saturated heterocycles. The molecule has 0 aromatic heterocycles. The van der Waals surface area contributed by atoms with Gasteiger partial charge in [0.05, 0.1) is 5.75 Å². The summed E-state index contributed by atoms with van der Waals surface area (Å²) in [6, 6.07) is 5.33. The number of alkyl halides is 3. The van der Waals surface area contributed by atoms with Crippen LogP contribution in [0.5, 0.6) is 5.75 Å². The highest BCUT2D eigenvalue weighted by Gasteiger charge is 2.31. The van der Waals surface area contributed by atoms with Crippen LogP contribution in [0.3, 0.4) is 0 Å². The molecule has 0 aliphatic heterocycles. The van der Waals surface area contributed by atoms with E-state index in [4.69, 9.17) is 4.55 Å². The van der Waals surface area contributed by atoms with Crippen molar-refractivity contribution in [3.63, 3.8) is 0 Å². The largest absolute Gasteiger partial charge is 0.573 e. The molecule has 3 nitrogen and oxygen atoms in total. The van der Waals surface area contributed by atoms with E-state index in [1.807, 2.05) is 0 Å². The number of hydrogen-bond acceptors (Lipinski definition) is 2. The predicted molar refractivity (Wildman–Crippen MR) is 52.5 cm³/mol. The summed E-state index contributed by atoms with van der Waals surface area (Å²) in [7, 11) is 0. The number of hydrogen-bond donors (Lipinski definition) is 1. The third-order valence-corrected chi connectivity index (χ3v) is 2.25. The van der Waals surface area contributed by atoms with Crippen LogP contribution in [0.25, 0.3) is 0 Å². The second-order valence-corrected chi connectivity index (χ2v) is 4.02. The van der Waals surface area contributed by atoms with Gasteiger partial charge in [0, 0.05) is 0 Å². The van der Waals surface area contributed by atoms with Crippen LogP contribution in [0, 0.1) is 0 Å². The molecule has 1 atom stereocenters. The topological polar surface area (TPSA) is 46.5 Å². The van der Waals surface area contributed by atoms with Crippen LogP contribution in [0.2, 0.25) is 0 Å². The van der Waals surface area contributed by atoms with E-state index in [9.17, 15) is 17.4 Å². The molecule has 0 saturated carbocycles. The first-order chi connectivity index (χ1) is 7.37. The van der Waals surface area contributed by atoms with Crippen molar-refractivity contribution in [3.8, 4) is 5.75 Å². The lowest BCUT2D eigenvalue weighted by molar-refractivity contribution is -0.274. The van der Waals surface area contributed by atoms with Gasteiger partial charge in [0.1, 0.15) is 5.75 Å². The molecule has 1 aromatic rings. The summed E-state index contributed by atoms with van der Waals surface area (Å²) in [6.07, 6.45) is -4.50. The van der Waals surface area contributed by atoms with Crippen LogP contribution in [0.4, 0.5) is 13.2 Å². The molecule has 0 radical (unpaired) electrons. The molecule has 0 spiro atoms. The lowest BCUT2D eigenvalue weighted by Gasteiger charge is -2.09. The third-order valence-electron chi connectivity index (χ3n) is 1.70. The Hall–Kier alpha value is -1.08. The summed E-state index contributed by atoms with van der Waals surface area (Å²) in [5, 5.41) is 0. The highest BCUT2D eigenvalue weighted by atomic mass is 32.2. The van der Waals surface area contributed by atoms with Gasteiger partial charge >= 0.3 is 6.36 Å². The van der Waals surface area contributed by atoms with Crippen LogP contribution in [-0.4, -0.2) is 20.9 Å². The average molecular weight is 254 g/mol. The lowest BCUT2D eigenvalue weighted by atomic mass is 10.2. The minimum atomic E-state index is -4.72. The molecule has 1 unspecified atom stereocenters. The molecule has 0 heterocycles. The van der Waals surface area contributed by atoms with Gasteiger partial charge in [-0.05, 0) is 24.1 Å². The minimum absolute atomic E-state index is 0.0184. The first-order valence-electron chi connectivity index (χ1n) is 4.29. The maximum absolute atomic E-state index is 11.9. The van der Waals surface area contributed by atoms with Gasteiger partial charge in [-0.3, -0.25) is 0 Å². The Morgan fingerprint density at radius 3 is 2.62 bits per heavy atom. The van der Waals surface area contributed by atoms with Crippen molar-refractivity contribution in [3.05, 3.63) is 29.8 Å². The van der Waals surface area contributed by atoms with Gasteiger partial charge in [0.25, 0.3) is 0 Å². The van der Waals surface area contributed by atoms with Crippen molar-refractivity contribution in [2.45, 2.75) is 12.8 Å². The van der Waals surface area contributed by atoms with Gasteiger partial charge in [0.2, 0.25) is 0 Å². The van der Waals surface area contributed by atoms with Crippen LogP contribution >= 0.6 is 0 Å². The van der Waals surface area contributed by atoms with Gasteiger partial charge in [-0.1, -0.05) is 12.1 Å². The Morgan fingerprint density at radius 2 is 2.06 bits per heavy atom. The van der Waals surface area contributed by atoms with Gasteiger partial charge in [0.15, 0.2) is 11.1 Å². The molecule has 0 fully saturated rings. The molecule has 0 bridgehead atoms. The second kappa shape index (κ2) is 5.31. The van der Waals surface area contributed by atoms with E-state index < -0.39 is 17.4 Å². The van der Waals surface area contributed by atoms with Crippen molar-refractivity contribution in [2.24, 2.45) is 0 Å². The molecule has 1 N–H and O–H groups in total. The summed E-state index contributed by atoms with van der Waals surface area (Å²) >= 11 is -1.95.